The van der Waals surface area contributed by atoms with E-state index in [1.807, 2.05) is 42.1 Å². The van der Waals surface area contributed by atoms with Gasteiger partial charge in [-0.3, -0.25) is 4.99 Å². The maximum Gasteiger partial charge on any atom is 0.226 e. The normalized spacial score (nSPS) is 18.7. The second-order valence-corrected chi connectivity index (χ2v) is 6.64. The summed E-state index contributed by atoms with van der Waals surface area (Å²) in [5, 5.41) is 6.78. The van der Waals surface area contributed by atoms with E-state index >= 15 is 0 Å². The Kier molecular flexibility index (Phi) is 5.58. The molecule has 6 heteroatoms. The number of guanidine groups is 1. The number of benzene rings is 1. The van der Waals surface area contributed by atoms with Gasteiger partial charge in [0, 0.05) is 24.4 Å². The first-order valence-corrected chi connectivity index (χ1v) is 9.05. The maximum atomic E-state index is 5.55. The SMILES string of the molecule is CN=C(NCc1coc(-c2ccccc2)n1)NC1CCCSC1. The molecule has 1 fully saturated rings. The van der Waals surface area contributed by atoms with Crippen molar-refractivity contribution in [1.29, 1.82) is 0 Å². The molecule has 0 amide bonds. The quantitative estimate of drug-likeness (QED) is 0.667. The van der Waals surface area contributed by atoms with E-state index < -0.39 is 0 Å². The lowest BCUT2D eigenvalue weighted by Gasteiger charge is -2.24. The van der Waals surface area contributed by atoms with E-state index in [2.05, 4.69) is 20.6 Å². The molecule has 5 nitrogen and oxygen atoms in total. The lowest BCUT2D eigenvalue weighted by Crippen LogP contribution is -2.45. The molecule has 2 N–H and O–H groups in total. The average molecular weight is 330 g/mol. The third-order valence-corrected chi connectivity index (χ3v) is 4.95. The molecule has 3 rings (SSSR count). The molecule has 1 unspecified atom stereocenters. The molecule has 0 saturated carbocycles. The number of hydrogen-bond acceptors (Lipinski definition) is 4. The fourth-order valence-electron chi connectivity index (χ4n) is 2.52. The summed E-state index contributed by atoms with van der Waals surface area (Å²) in [6, 6.07) is 10.4. The molecule has 1 aromatic carbocycles. The highest BCUT2D eigenvalue weighted by atomic mass is 32.2. The fraction of sp³-hybridized carbons (Fsp3) is 0.412. The summed E-state index contributed by atoms with van der Waals surface area (Å²) in [4.78, 5) is 8.81. The van der Waals surface area contributed by atoms with Crippen LogP contribution >= 0.6 is 11.8 Å². The summed E-state index contributed by atoms with van der Waals surface area (Å²) in [6.07, 6.45) is 4.16. The second kappa shape index (κ2) is 8.06. The number of aromatic nitrogens is 1. The third kappa shape index (κ3) is 4.51. The van der Waals surface area contributed by atoms with Gasteiger partial charge in [-0.05, 0) is 30.7 Å². The Morgan fingerprint density at radius 3 is 3.00 bits per heavy atom. The van der Waals surface area contributed by atoms with Crippen LogP contribution in [0.25, 0.3) is 11.5 Å². The average Bonchev–Trinajstić information content (AvgIpc) is 3.09. The van der Waals surface area contributed by atoms with E-state index in [1.165, 1.54) is 18.6 Å². The summed E-state index contributed by atoms with van der Waals surface area (Å²) in [5.41, 5.74) is 1.85. The smallest absolute Gasteiger partial charge is 0.226 e. The van der Waals surface area contributed by atoms with Crippen LogP contribution in [0.2, 0.25) is 0 Å². The number of oxazole rings is 1. The first-order valence-electron chi connectivity index (χ1n) is 7.90. The van der Waals surface area contributed by atoms with Gasteiger partial charge in [0.25, 0.3) is 0 Å². The van der Waals surface area contributed by atoms with Gasteiger partial charge in [-0.25, -0.2) is 4.98 Å². The van der Waals surface area contributed by atoms with Crippen LogP contribution in [0, 0.1) is 0 Å². The van der Waals surface area contributed by atoms with Gasteiger partial charge >= 0.3 is 0 Å². The molecule has 1 atom stereocenters. The molecule has 2 heterocycles. The summed E-state index contributed by atoms with van der Waals surface area (Å²) in [7, 11) is 1.80. The van der Waals surface area contributed by atoms with E-state index in [0.717, 1.165) is 23.0 Å². The zero-order valence-electron chi connectivity index (χ0n) is 13.3. The van der Waals surface area contributed by atoms with Crippen LogP contribution in [0.5, 0.6) is 0 Å². The van der Waals surface area contributed by atoms with E-state index in [1.54, 1.807) is 13.3 Å². The molecule has 1 aliphatic rings. The van der Waals surface area contributed by atoms with Gasteiger partial charge in [0.05, 0.1) is 12.2 Å². The van der Waals surface area contributed by atoms with Gasteiger partial charge in [0.15, 0.2) is 5.96 Å². The minimum absolute atomic E-state index is 0.497. The van der Waals surface area contributed by atoms with Crippen LogP contribution in [0.4, 0.5) is 0 Å². The van der Waals surface area contributed by atoms with Crippen molar-refractivity contribution in [3.63, 3.8) is 0 Å². The number of rotatable bonds is 4. The topological polar surface area (TPSA) is 62.5 Å². The van der Waals surface area contributed by atoms with Crippen molar-refractivity contribution in [2.45, 2.75) is 25.4 Å². The predicted octanol–water partition coefficient (Wildman–Crippen LogP) is 2.90. The molecular weight excluding hydrogens is 308 g/mol. The first-order chi connectivity index (χ1) is 11.3. The van der Waals surface area contributed by atoms with E-state index in [-0.39, 0.29) is 0 Å². The summed E-state index contributed by atoms with van der Waals surface area (Å²) >= 11 is 2.00. The summed E-state index contributed by atoms with van der Waals surface area (Å²) < 4.78 is 5.55. The van der Waals surface area contributed by atoms with Gasteiger partial charge in [-0.2, -0.15) is 11.8 Å². The zero-order valence-corrected chi connectivity index (χ0v) is 14.1. The Morgan fingerprint density at radius 2 is 2.26 bits per heavy atom. The molecule has 2 aromatic rings. The molecule has 1 aromatic heterocycles. The van der Waals surface area contributed by atoms with Crippen molar-refractivity contribution in [3.05, 3.63) is 42.3 Å². The van der Waals surface area contributed by atoms with E-state index in [9.17, 15) is 0 Å². The second-order valence-electron chi connectivity index (χ2n) is 5.49. The van der Waals surface area contributed by atoms with Crippen LogP contribution in [-0.2, 0) is 6.54 Å². The van der Waals surface area contributed by atoms with Crippen LogP contribution in [0.15, 0.2) is 46.0 Å². The van der Waals surface area contributed by atoms with Gasteiger partial charge in [-0.1, -0.05) is 18.2 Å². The van der Waals surface area contributed by atoms with Gasteiger partial charge in [0.2, 0.25) is 5.89 Å². The van der Waals surface area contributed by atoms with Crippen molar-refractivity contribution < 1.29 is 4.42 Å². The Labute approximate surface area is 141 Å². The van der Waals surface area contributed by atoms with Crippen molar-refractivity contribution in [2.75, 3.05) is 18.6 Å². The van der Waals surface area contributed by atoms with Crippen LogP contribution in [0.3, 0.4) is 0 Å². The Hall–Kier alpha value is -1.95. The monoisotopic (exact) mass is 330 g/mol. The number of hydrogen-bond donors (Lipinski definition) is 2. The molecule has 0 bridgehead atoms. The maximum absolute atomic E-state index is 5.55. The van der Waals surface area contributed by atoms with Gasteiger partial charge < -0.3 is 15.1 Å². The van der Waals surface area contributed by atoms with Crippen molar-refractivity contribution in [2.24, 2.45) is 4.99 Å². The Balaban J connectivity index is 1.54. The number of thioether (sulfide) groups is 1. The van der Waals surface area contributed by atoms with Crippen molar-refractivity contribution in [3.8, 4) is 11.5 Å². The first kappa shape index (κ1) is 15.9. The lowest BCUT2D eigenvalue weighted by atomic mass is 10.2. The van der Waals surface area contributed by atoms with Crippen LogP contribution < -0.4 is 10.6 Å². The minimum Gasteiger partial charge on any atom is -0.444 e. The zero-order chi connectivity index (χ0) is 15.9. The highest BCUT2D eigenvalue weighted by Crippen LogP contribution is 2.18. The third-order valence-electron chi connectivity index (χ3n) is 3.73. The largest absolute Gasteiger partial charge is 0.444 e. The van der Waals surface area contributed by atoms with Crippen LogP contribution in [0.1, 0.15) is 18.5 Å². The fourth-order valence-corrected chi connectivity index (χ4v) is 3.59. The molecule has 0 spiro atoms. The molecule has 0 radical (unpaired) electrons. The molecule has 1 saturated heterocycles. The molecule has 23 heavy (non-hydrogen) atoms. The lowest BCUT2D eigenvalue weighted by molar-refractivity contribution is 0.570. The number of nitrogens with one attached hydrogen (secondary N) is 2. The van der Waals surface area contributed by atoms with E-state index in [4.69, 9.17) is 4.42 Å². The van der Waals surface area contributed by atoms with Crippen LogP contribution in [-0.4, -0.2) is 35.5 Å². The molecular formula is C17H22N4OS. The van der Waals surface area contributed by atoms with Crippen molar-refractivity contribution >= 4 is 17.7 Å². The summed E-state index contributed by atoms with van der Waals surface area (Å²) in [6.45, 7) is 0.593. The Bertz CT molecular complexity index is 635. The minimum atomic E-state index is 0.497. The number of nitrogens with zero attached hydrogens (tertiary/aromatic N) is 2. The highest BCUT2D eigenvalue weighted by molar-refractivity contribution is 7.99. The predicted molar refractivity (Wildman–Crippen MR) is 95.6 cm³/mol. The molecule has 122 valence electrons. The Morgan fingerprint density at radius 1 is 1.39 bits per heavy atom. The van der Waals surface area contributed by atoms with Crippen molar-refractivity contribution in [1.82, 2.24) is 15.6 Å². The standard InChI is InChI=1S/C17H22N4OS/c1-18-17(21-14-8-5-9-23-12-14)19-10-15-11-22-16(20-15)13-6-3-2-4-7-13/h2-4,6-7,11,14H,5,8-10,12H2,1H3,(H2,18,19,21). The van der Waals surface area contributed by atoms with E-state index in [0.29, 0.717) is 18.5 Å². The highest BCUT2D eigenvalue weighted by Gasteiger charge is 2.15. The van der Waals surface area contributed by atoms with Gasteiger partial charge in [0.1, 0.15) is 6.26 Å². The number of aliphatic imine (C=N–C) groups is 1. The van der Waals surface area contributed by atoms with Gasteiger partial charge in [-0.15, -0.1) is 0 Å². The molecule has 0 aliphatic carbocycles. The molecule has 1 aliphatic heterocycles. The summed E-state index contributed by atoms with van der Waals surface area (Å²) in [5.74, 6) is 3.88.